The van der Waals surface area contributed by atoms with Gasteiger partial charge in [-0.1, -0.05) is 42.5 Å². The van der Waals surface area contributed by atoms with E-state index in [2.05, 4.69) is 0 Å². The van der Waals surface area contributed by atoms with Crippen LogP contribution in [0.4, 0.5) is 5.69 Å². The van der Waals surface area contributed by atoms with Gasteiger partial charge in [0.15, 0.2) is 0 Å². The number of nitro benzene ring substituents is 1. The molecule has 2 aromatic heterocycles. The monoisotopic (exact) mass is 497 g/mol. The molecule has 2 heterocycles. The molecule has 37 heavy (non-hydrogen) atoms. The molecule has 0 saturated heterocycles. The highest BCUT2D eigenvalue weighted by Crippen LogP contribution is 2.33. The summed E-state index contributed by atoms with van der Waals surface area (Å²) in [4.78, 5) is 46.8. The predicted octanol–water partition coefficient (Wildman–Crippen LogP) is 3.92. The van der Waals surface area contributed by atoms with Crippen molar-refractivity contribution in [1.82, 2.24) is 14.3 Å². The van der Waals surface area contributed by atoms with E-state index in [1.54, 1.807) is 24.4 Å². The molecule has 3 aromatic carbocycles. The number of nitro groups is 1. The number of hydrogen-bond acceptors (Lipinski definition) is 7. The van der Waals surface area contributed by atoms with E-state index in [0.717, 1.165) is 15.9 Å². The summed E-state index contributed by atoms with van der Waals surface area (Å²) in [5.41, 5.74) is 8.56. The van der Waals surface area contributed by atoms with Gasteiger partial charge in [-0.2, -0.15) is 0 Å². The molecular weight excluding hydrogens is 474 g/mol. The molecule has 0 aliphatic heterocycles. The van der Waals surface area contributed by atoms with Crippen LogP contribution in [0.2, 0.25) is 0 Å². The van der Waals surface area contributed by atoms with E-state index in [9.17, 15) is 19.7 Å². The van der Waals surface area contributed by atoms with Crippen LogP contribution >= 0.6 is 0 Å². The Labute approximate surface area is 210 Å². The molecule has 5 aromatic rings. The number of aryl methyl sites for hydroxylation is 1. The van der Waals surface area contributed by atoms with Crippen LogP contribution in [0.25, 0.3) is 44.3 Å². The van der Waals surface area contributed by atoms with E-state index in [4.69, 9.17) is 15.6 Å². The minimum atomic E-state index is -0.660. The number of fused-ring (bicyclic) bond motifs is 2. The Hall–Kier alpha value is -4.83. The SMILES string of the molecule is CC(=O)On1c(=O)c(-c2cn(CCCN)c3cc([N+](=O)[O-])ccc23)nc2c(-c3ccccc3)cccc21. The minimum Gasteiger partial charge on any atom is -0.347 e. The highest BCUT2D eigenvalue weighted by atomic mass is 16.7. The number of aromatic nitrogens is 3. The normalized spacial score (nSPS) is 11.2. The molecule has 10 heteroatoms. The van der Waals surface area contributed by atoms with Gasteiger partial charge >= 0.3 is 11.5 Å². The molecule has 10 nitrogen and oxygen atoms in total. The van der Waals surface area contributed by atoms with E-state index >= 15 is 0 Å². The number of nitrogens with zero attached hydrogens (tertiary/aromatic N) is 4. The van der Waals surface area contributed by atoms with Gasteiger partial charge in [0, 0.05) is 48.3 Å². The second-order valence-corrected chi connectivity index (χ2v) is 8.52. The maximum Gasteiger partial charge on any atom is 0.330 e. The van der Waals surface area contributed by atoms with Crippen molar-refractivity contribution >= 4 is 33.6 Å². The van der Waals surface area contributed by atoms with Crippen LogP contribution in [0.15, 0.2) is 77.7 Å². The molecule has 186 valence electrons. The topological polar surface area (TPSA) is 135 Å². The fourth-order valence-corrected chi connectivity index (χ4v) is 4.45. The van der Waals surface area contributed by atoms with Gasteiger partial charge in [0.2, 0.25) is 0 Å². The second kappa shape index (κ2) is 9.67. The Bertz CT molecular complexity index is 1720. The first-order chi connectivity index (χ1) is 17.9. The molecule has 0 aliphatic rings. The molecule has 5 rings (SSSR count). The maximum absolute atomic E-state index is 13.7. The molecule has 0 amide bonds. The van der Waals surface area contributed by atoms with Gasteiger partial charge in [0.1, 0.15) is 11.2 Å². The minimum absolute atomic E-state index is 0.0579. The fourth-order valence-electron chi connectivity index (χ4n) is 4.45. The molecule has 0 fully saturated rings. The van der Waals surface area contributed by atoms with Gasteiger partial charge in [0.05, 0.1) is 16.0 Å². The van der Waals surface area contributed by atoms with Crippen LogP contribution in [-0.2, 0) is 11.3 Å². The van der Waals surface area contributed by atoms with Crippen molar-refractivity contribution < 1.29 is 14.6 Å². The largest absolute Gasteiger partial charge is 0.347 e. The zero-order chi connectivity index (χ0) is 26.1. The quantitative estimate of drug-likeness (QED) is 0.266. The molecular formula is C27H23N5O5. The lowest BCUT2D eigenvalue weighted by Gasteiger charge is -2.13. The number of hydrogen-bond donors (Lipinski definition) is 1. The average Bonchev–Trinajstić information content (AvgIpc) is 3.26. The molecule has 2 N–H and O–H groups in total. The molecule has 0 saturated carbocycles. The number of benzene rings is 3. The number of para-hydroxylation sites is 1. The highest BCUT2D eigenvalue weighted by Gasteiger charge is 2.22. The van der Waals surface area contributed by atoms with Crippen molar-refractivity contribution in [3.63, 3.8) is 0 Å². The summed E-state index contributed by atoms with van der Waals surface area (Å²) in [6, 6.07) is 19.3. The van der Waals surface area contributed by atoms with Crippen molar-refractivity contribution in [3.8, 4) is 22.4 Å². The van der Waals surface area contributed by atoms with Gasteiger partial charge < -0.3 is 15.1 Å². The van der Waals surface area contributed by atoms with E-state index in [1.807, 2.05) is 41.0 Å². The van der Waals surface area contributed by atoms with Crippen LogP contribution in [0.3, 0.4) is 0 Å². The Morgan fingerprint density at radius 3 is 2.54 bits per heavy atom. The van der Waals surface area contributed by atoms with Gasteiger partial charge in [-0.3, -0.25) is 14.9 Å². The number of nitrogens with two attached hydrogens (primary N) is 1. The Kier molecular flexibility index (Phi) is 6.24. The van der Waals surface area contributed by atoms with Crippen molar-refractivity contribution in [3.05, 3.63) is 93.4 Å². The summed E-state index contributed by atoms with van der Waals surface area (Å²) in [5, 5.41) is 12.0. The van der Waals surface area contributed by atoms with Crippen LogP contribution in [0.1, 0.15) is 13.3 Å². The van der Waals surface area contributed by atoms with Gasteiger partial charge in [-0.25, -0.2) is 9.78 Å². The first-order valence-corrected chi connectivity index (χ1v) is 11.7. The van der Waals surface area contributed by atoms with Crippen LogP contribution in [0, 0.1) is 10.1 Å². The molecule has 0 atom stereocenters. The van der Waals surface area contributed by atoms with Crippen molar-refractivity contribution in [1.29, 1.82) is 0 Å². The Morgan fingerprint density at radius 1 is 1.05 bits per heavy atom. The average molecular weight is 498 g/mol. The fraction of sp³-hybridized carbons (Fsp3) is 0.148. The molecule has 0 spiro atoms. The van der Waals surface area contributed by atoms with Crippen molar-refractivity contribution in [2.45, 2.75) is 19.9 Å². The molecule has 0 radical (unpaired) electrons. The lowest BCUT2D eigenvalue weighted by molar-refractivity contribution is -0.384. The molecule has 0 aliphatic carbocycles. The zero-order valence-electron chi connectivity index (χ0n) is 20.0. The summed E-state index contributed by atoms with van der Waals surface area (Å²) in [5.74, 6) is -0.660. The highest BCUT2D eigenvalue weighted by molar-refractivity contribution is 5.98. The van der Waals surface area contributed by atoms with E-state index in [1.165, 1.54) is 19.1 Å². The van der Waals surface area contributed by atoms with Gasteiger partial charge in [0.25, 0.3) is 5.69 Å². The van der Waals surface area contributed by atoms with E-state index in [-0.39, 0.29) is 11.4 Å². The first kappa shape index (κ1) is 23.9. The van der Waals surface area contributed by atoms with Crippen molar-refractivity contribution in [2.75, 3.05) is 6.54 Å². The smallest absolute Gasteiger partial charge is 0.330 e. The van der Waals surface area contributed by atoms with Crippen LogP contribution in [-0.4, -0.2) is 31.7 Å². The second-order valence-electron chi connectivity index (χ2n) is 8.52. The summed E-state index contributed by atoms with van der Waals surface area (Å²) >= 11 is 0. The molecule has 0 unspecified atom stereocenters. The molecule has 0 bridgehead atoms. The summed E-state index contributed by atoms with van der Waals surface area (Å²) < 4.78 is 2.79. The third kappa shape index (κ3) is 4.34. The predicted molar refractivity (Wildman–Crippen MR) is 140 cm³/mol. The standard InChI is InChI=1S/C27H23N5O5/c1-17(33)37-31-23-10-5-9-20(18-7-3-2-4-8-18)25(23)29-26(27(31)34)22-16-30(14-6-13-28)24-15-19(32(35)36)11-12-21(22)24/h2-5,7-12,15-16H,6,13-14,28H2,1H3. The van der Waals surface area contributed by atoms with E-state index in [0.29, 0.717) is 47.0 Å². The maximum atomic E-state index is 13.7. The van der Waals surface area contributed by atoms with Crippen molar-refractivity contribution in [2.24, 2.45) is 5.73 Å². The number of non-ortho nitro benzene ring substituents is 1. The Morgan fingerprint density at radius 2 is 1.84 bits per heavy atom. The lowest BCUT2D eigenvalue weighted by atomic mass is 10.0. The third-order valence-corrected chi connectivity index (χ3v) is 6.08. The van der Waals surface area contributed by atoms with Gasteiger partial charge in [-0.05, 0) is 30.7 Å². The first-order valence-electron chi connectivity index (χ1n) is 11.7. The number of carbonyl (C=O) groups excluding carboxylic acids is 1. The summed E-state index contributed by atoms with van der Waals surface area (Å²) in [6.45, 7) is 2.14. The number of carbonyl (C=O) groups is 1. The zero-order valence-corrected chi connectivity index (χ0v) is 20.0. The summed E-state index contributed by atoms with van der Waals surface area (Å²) in [6.07, 6.45) is 2.37. The van der Waals surface area contributed by atoms with Gasteiger partial charge in [-0.15, -0.1) is 4.73 Å². The Balaban J connectivity index is 1.85. The number of rotatable bonds is 7. The van der Waals surface area contributed by atoms with Crippen LogP contribution in [0.5, 0.6) is 0 Å². The van der Waals surface area contributed by atoms with Crippen LogP contribution < -0.4 is 16.1 Å². The van der Waals surface area contributed by atoms with E-state index < -0.39 is 16.5 Å². The lowest BCUT2D eigenvalue weighted by Crippen LogP contribution is -2.31. The summed E-state index contributed by atoms with van der Waals surface area (Å²) in [7, 11) is 0. The third-order valence-electron chi connectivity index (χ3n) is 6.08.